The Morgan fingerprint density at radius 2 is 1.94 bits per heavy atom. The Morgan fingerprint density at radius 3 is 2.35 bits per heavy atom. The third-order valence-electron chi connectivity index (χ3n) is 1.99. The van der Waals surface area contributed by atoms with Crippen molar-refractivity contribution in [1.29, 1.82) is 5.26 Å². The van der Waals surface area contributed by atoms with E-state index in [1.54, 1.807) is 6.92 Å². The molecule has 1 N–H and O–H groups in total. The monoisotopic (exact) mass is 252 g/mol. The Balaban J connectivity index is 3.82. The SMILES string of the molecule is CC(C)NC(C)(C#N)COCCCC(F)(F)F. The van der Waals surface area contributed by atoms with Gasteiger partial charge in [-0.25, -0.2) is 0 Å². The maximum atomic E-state index is 11.8. The number of nitrogens with one attached hydrogen (secondary N) is 1. The normalized spacial score (nSPS) is 15.6. The Labute approximate surface area is 99.9 Å². The summed E-state index contributed by atoms with van der Waals surface area (Å²) in [6.07, 6.45) is -5.07. The van der Waals surface area contributed by atoms with Crippen molar-refractivity contribution in [1.82, 2.24) is 5.32 Å². The van der Waals surface area contributed by atoms with Crippen LogP contribution in [-0.2, 0) is 4.74 Å². The van der Waals surface area contributed by atoms with Gasteiger partial charge in [-0.2, -0.15) is 18.4 Å². The van der Waals surface area contributed by atoms with E-state index in [-0.39, 0.29) is 25.7 Å². The van der Waals surface area contributed by atoms with E-state index in [9.17, 15) is 13.2 Å². The smallest absolute Gasteiger partial charge is 0.378 e. The molecule has 1 atom stereocenters. The van der Waals surface area contributed by atoms with E-state index in [2.05, 4.69) is 11.4 Å². The fourth-order valence-corrected chi connectivity index (χ4v) is 1.39. The molecule has 0 aromatic carbocycles. The molecule has 0 amide bonds. The molecule has 0 aliphatic rings. The van der Waals surface area contributed by atoms with Crippen LogP contribution in [0.4, 0.5) is 13.2 Å². The van der Waals surface area contributed by atoms with E-state index in [1.807, 2.05) is 13.8 Å². The van der Waals surface area contributed by atoms with E-state index in [0.717, 1.165) is 0 Å². The predicted octanol–water partition coefficient (Wildman–Crippen LogP) is 2.63. The summed E-state index contributed by atoms with van der Waals surface area (Å²) in [5, 5.41) is 12.0. The second-order valence-electron chi connectivity index (χ2n) is 4.51. The van der Waals surface area contributed by atoms with Gasteiger partial charge in [0, 0.05) is 19.1 Å². The van der Waals surface area contributed by atoms with Crippen LogP contribution in [0.1, 0.15) is 33.6 Å². The number of alkyl halides is 3. The molecule has 0 spiro atoms. The first-order valence-electron chi connectivity index (χ1n) is 5.52. The van der Waals surface area contributed by atoms with Gasteiger partial charge in [0.05, 0.1) is 12.7 Å². The summed E-state index contributed by atoms with van der Waals surface area (Å²) in [7, 11) is 0. The van der Waals surface area contributed by atoms with Crippen LogP contribution < -0.4 is 5.32 Å². The molecule has 3 nitrogen and oxygen atoms in total. The summed E-state index contributed by atoms with van der Waals surface area (Å²) in [6.45, 7) is 5.53. The molecule has 0 bridgehead atoms. The number of nitrogens with zero attached hydrogens (tertiary/aromatic N) is 1. The van der Waals surface area contributed by atoms with Crippen LogP contribution in [0.3, 0.4) is 0 Å². The number of halogens is 3. The number of hydrogen-bond donors (Lipinski definition) is 1. The number of ether oxygens (including phenoxy) is 1. The van der Waals surface area contributed by atoms with Gasteiger partial charge in [0.25, 0.3) is 0 Å². The predicted molar refractivity (Wildman–Crippen MR) is 58.4 cm³/mol. The topological polar surface area (TPSA) is 45.0 Å². The maximum absolute atomic E-state index is 11.8. The van der Waals surface area contributed by atoms with Gasteiger partial charge in [-0.05, 0) is 27.2 Å². The van der Waals surface area contributed by atoms with Crippen LogP contribution in [0.15, 0.2) is 0 Å². The molecule has 0 aromatic rings. The largest absolute Gasteiger partial charge is 0.389 e. The summed E-state index contributed by atoms with van der Waals surface area (Å²) >= 11 is 0. The third-order valence-corrected chi connectivity index (χ3v) is 1.99. The van der Waals surface area contributed by atoms with E-state index in [0.29, 0.717) is 0 Å². The third kappa shape index (κ3) is 8.95. The lowest BCUT2D eigenvalue weighted by Crippen LogP contribution is -2.48. The highest BCUT2D eigenvalue weighted by molar-refractivity contribution is 5.04. The zero-order valence-electron chi connectivity index (χ0n) is 10.4. The van der Waals surface area contributed by atoms with Crippen molar-refractivity contribution in [2.45, 2.75) is 51.4 Å². The highest BCUT2D eigenvalue weighted by Gasteiger charge is 2.27. The summed E-state index contributed by atoms with van der Waals surface area (Å²) in [5.41, 5.74) is -0.855. The molecule has 0 aromatic heterocycles. The van der Waals surface area contributed by atoms with E-state index in [4.69, 9.17) is 10.00 Å². The fourth-order valence-electron chi connectivity index (χ4n) is 1.39. The van der Waals surface area contributed by atoms with Crippen molar-refractivity contribution >= 4 is 0 Å². The van der Waals surface area contributed by atoms with Crippen molar-refractivity contribution < 1.29 is 17.9 Å². The Morgan fingerprint density at radius 1 is 1.35 bits per heavy atom. The van der Waals surface area contributed by atoms with Crippen molar-refractivity contribution in [3.8, 4) is 6.07 Å². The lowest BCUT2D eigenvalue weighted by Gasteiger charge is -2.25. The molecule has 0 saturated heterocycles. The molecule has 17 heavy (non-hydrogen) atoms. The maximum Gasteiger partial charge on any atom is 0.389 e. The van der Waals surface area contributed by atoms with Crippen LogP contribution in [0.5, 0.6) is 0 Å². The van der Waals surface area contributed by atoms with Crippen molar-refractivity contribution in [2.75, 3.05) is 13.2 Å². The first kappa shape index (κ1) is 16.2. The van der Waals surface area contributed by atoms with Crippen LogP contribution in [0.2, 0.25) is 0 Å². The molecule has 0 fully saturated rings. The van der Waals surface area contributed by atoms with E-state index >= 15 is 0 Å². The lowest BCUT2D eigenvalue weighted by atomic mass is 10.1. The number of hydrogen-bond acceptors (Lipinski definition) is 3. The van der Waals surface area contributed by atoms with Gasteiger partial charge < -0.3 is 4.74 Å². The quantitative estimate of drug-likeness (QED) is 0.708. The zero-order chi connectivity index (χ0) is 13.5. The summed E-state index contributed by atoms with van der Waals surface area (Å²) in [4.78, 5) is 0. The summed E-state index contributed by atoms with van der Waals surface area (Å²) in [5.74, 6) is 0. The second-order valence-corrected chi connectivity index (χ2v) is 4.51. The Hall–Kier alpha value is -0.800. The highest BCUT2D eigenvalue weighted by Crippen LogP contribution is 2.21. The molecule has 0 aliphatic heterocycles. The molecule has 0 aliphatic carbocycles. The molecular weight excluding hydrogens is 233 g/mol. The molecule has 1 unspecified atom stereocenters. The molecule has 6 heteroatoms. The minimum Gasteiger partial charge on any atom is -0.378 e. The second kappa shape index (κ2) is 6.82. The van der Waals surface area contributed by atoms with Gasteiger partial charge in [-0.3, -0.25) is 5.32 Å². The molecule has 0 rings (SSSR count). The summed E-state index contributed by atoms with van der Waals surface area (Å²) in [6, 6.07) is 2.17. The molecule has 0 saturated carbocycles. The Kier molecular flexibility index (Phi) is 6.50. The van der Waals surface area contributed by atoms with Gasteiger partial charge in [0.1, 0.15) is 5.54 Å². The minimum absolute atomic E-state index is 0.0105. The standard InChI is InChI=1S/C11H19F3N2O/c1-9(2)16-10(3,7-15)8-17-6-4-5-11(12,13)14/h9,16H,4-6,8H2,1-3H3. The van der Waals surface area contributed by atoms with Crippen molar-refractivity contribution in [3.63, 3.8) is 0 Å². The lowest BCUT2D eigenvalue weighted by molar-refractivity contribution is -0.138. The van der Waals surface area contributed by atoms with Gasteiger partial charge in [-0.1, -0.05) is 0 Å². The number of nitriles is 1. The van der Waals surface area contributed by atoms with Crippen LogP contribution in [0, 0.1) is 11.3 Å². The van der Waals surface area contributed by atoms with Gasteiger partial charge in [0.15, 0.2) is 0 Å². The first-order chi connectivity index (χ1) is 7.68. The average molecular weight is 252 g/mol. The molecule has 0 radical (unpaired) electrons. The highest BCUT2D eigenvalue weighted by atomic mass is 19.4. The van der Waals surface area contributed by atoms with Crippen molar-refractivity contribution in [3.05, 3.63) is 0 Å². The van der Waals surface area contributed by atoms with E-state index < -0.39 is 18.1 Å². The zero-order valence-corrected chi connectivity index (χ0v) is 10.4. The first-order valence-corrected chi connectivity index (χ1v) is 5.52. The van der Waals surface area contributed by atoms with Crippen LogP contribution in [-0.4, -0.2) is 31.0 Å². The van der Waals surface area contributed by atoms with Gasteiger partial charge in [0.2, 0.25) is 0 Å². The average Bonchev–Trinajstić information content (AvgIpc) is 2.14. The van der Waals surface area contributed by atoms with Crippen LogP contribution >= 0.6 is 0 Å². The van der Waals surface area contributed by atoms with Gasteiger partial charge >= 0.3 is 6.18 Å². The minimum atomic E-state index is -4.14. The van der Waals surface area contributed by atoms with E-state index in [1.165, 1.54) is 0 Å². The summed E-state index contributed by atoms with van der Waals surface area (Å²) < 4.78 is 40.6. The Bertz CT molecular complexity index is 260. The molecule has 0 heterocycles. The fraction of sp³-hybridized carbons (Fsp3) is 0.909. The van der Waals surface area contributed by atoms with Crippen LogP contribution in [0.25, 0.3) is 0 Å². The molecule has 100 valence electrons. The molecular formula is C11H19F3N2O. The number of rotatable bonds is 7. The van der Waals surface area contributed by atoms with Crippen molar-refractivity contribution in [2.24, 2.45) is 0 Å². The van der Waals surface area contributed by atoms with Gasteiger partial charge in [-0.15, -0.1) is 0 Å².